The smallest absolute Gasteiger partial charge is 0.273 e. The van der Waals surface area contributed by atoms with Crippen molar-refractivity contribution in [3.63, 3.8) is 0 Å². The number of aliphatic hydroxyl groups excluding tert-OH is 1. The Bertz CT molecular complexity index is 721. The molecule has 1 amide bonds. The molecule has 2 aromatic rings. The van der Waals surface area contributed by atoms with Gasteiger partial charge in [-0.2, -0.15) is 0 Å². The van der Waals surface area contributed by atoms with Crippen LogP contribution in [-0.4, -0.2) is 38.7 Å². The van der Waals surface area contributed by atoms with Crippen molar-refractivity contribution in [2.45, 2.75) is 25.3 Å². The fourth-order valence-electron chi connectivity index (χ4n) is 2.84. The van der Waals surface area contributed by atoms with Gasteiger partial charge in [-0.05, 0) is 25.0 Å². The van der Waals surface area contributed by atoms with E-state index in [9.17, 15) is 14.3 Å². The van der Waals surface area contributed by atoms with Crippen LogP contribution in [0.2, 0.25) is 5.02 Å². The number of nitrogens with one attached hydrogen (secondary N) is 1. The van der Waals surface area contributed by atoms with Gasteiger partial charge >= 0.3 is 0 Å². The average molecular weight is 339 g/mol. The highest BCUT2D eigenvalue weighted by atomic mass is 35.5. The number of aromatic nitrogens is 3. The summed E-state index contributed by atoms with van der Waals surface area (Å²) in [6, 6.07) is 4.45. The summed E-state index contributed by atoms with van der Waals surface area (Å²) in [7, 11) is 0. The first-order chi connectivity index (χ1) is 11.1. The Morgan fingerprint density at radius 1 is 1.48 bits per heavy atom. The Kier molecular flexibility index (Phi) is 4.58. The quantitative estimate of drug-likeness (QED) is 0.893. The van der Waals surface area contributed by atoms with E-state index in [1.807, 2.05) is 0 Å². The normalized spacial score (nSPS) is 20.7. The molecule has 1 fully saturated rings. The number of rotatable bonds is 4. The molecule has 0 aliphatic heterocycles. The van der Waals surface area contributed by atoms with Gasteiger partial charge in [-0.3, -0.25) is 4.79 Å². The molecule has 1 heterocycles. The molecule has 1 aliphatic rings. The Morgan fingerprint density at radius 2 is 2.30 bits per heavy atom. The minimum absolute atomic E-state index is 0.0271. The number of hydrogen-bond donors (Lipinski definition) is 2. The lowest BCUT2D eigenvalue weighted by Gasteiger charge is -2.17. The number of aliphatic hydroxyl groups is 1. The standard InChI is InChI=1S/C15H16ClFN4O2/c16-10-4-2-6-13(14(10)17)21-7-12(19-20-21)15(23)18-11-5-1-3-9(11)8-22/h2,4,6-7,9,11,22H,1,3,5,8H2,(H,18,23)/t9-,11+/m0/s1. The third-order valence-corrected chi connectivity index (χ3v) is 4.41. The molecule has 2 atom stereocenters. The number of nitrogens with zero attached hydrogens (tertiary/aromatic N) is 3. The molecule has 0 saturated heterocycles. The summed E-state index contributed by atoms with van der Waals surface area (Å²) in [4.78, 5) is 12.2. The van der Waals surface area contributed by atoms with E-state index in [0.717, 1.165) is 19.3 Å². The molecule has 0 unspecified atom stereocenters. The van der Waals surface area contributed by atoms with Gasteiger partial charge in [-0.15, -0.1) is 5.10 Å². The van der Waals surface area contributed by atoms with Crippen LogP contribution in [0.1, 0.15) is 29.8 Å². The molecule has 2 N–H and O–H groups in total. The van der Waals surface area contributed by atoms with Gasteiger partial charge < -0.3 is 10.4 Å². The first kappa shape index (κ1) is 15.9. The van der Waals surface area contributed by atoms with Crippen LogP contribution in [0.25, 0.3) is 5.69 Å². The largest absolute Gasteiger partial charge is 0.396 e. The number of halogens is 2. The first-order valence-electron chi connectivity index (χ1n) is 7.38. The van der Waals surface area contributed by atoms with Crippen LogP contribution in [0.5, 0.6) is 0 Å². The number of carbonyl (C=O) groups is 1. The van der Waals surface area contributed by atoms with Crippen LogP contribution < -0.4 is 5.32 Å². The molecule has 1 aromatic carbocycles. The van der Waals surface area contributed by atoms with E-state index in [-0.39, 0.29) is 40.9 Å². The van der Waals surface area contributed by atoms with Crippen LogP contribution in [0, 0.1) is 11.7 Å². The second kappa shape index (κ2) is 6.64. The van der Waals surface area contributed by atoms with Crippen molar-refractivity contribution in [2.75, 3.05) is 6.61 Å². The van der Waals surface area contributed by atoms with Crippen LogP contribution in [0.4, 0.5) is 4.39 Å². The van der Waals surface area contributed by atoms with E-state index >= 15 is 0 Å². The Hall–Kier alpha value is -1.99. The molecule has 0 bridgehead atoms. The van der Waals surface area contributed by atoms with Gasteiger partial charge in [0.15, 0.2) is 11.5 Å². The van der Waals surface area contributed by atoms with Crippen LogP contribution in [0.3, 0.4) is 0 Å². The topological polar surface area (TPSA) is 80.0 Å². The third kappa shape index (κ3) is 3.20. The minimum atomic E-state index is -0.623. The average Bonchev–Trinajstić information content (AvgIpc) is 3.19. The van der Waals surface area contributed by atoms with E-state index in [0.29, 0.717) is 0 Å². The Labute approximate surface area is 137 Å². The molecule has 1 aliphatic carbocycles. The van der Waals surface area contributed by atoms with E-state index in [1.165, 1.54) is 23.0 Å². The van der Waals surface area contributed by atoms with Gasteiger partial charge in [-0.1, -0.05) is 29.3 Å². The van der Waals surface area contributed by atoms with Gasteiger partial charge in [0.2, 0.25) is 0 Å². The zero-order valence-electron chi connectivity index (χ0n) is 12.2. The maximum Gasteiger partial charge on any atom is 0.273 e. The van der Waals surface area contributed by atoms with Gasteiger partial charge in [0.05, 0.1) is 11.2 Å². The summed E-state index contributed by atoms with van der Waals surface area (Å²) in [5.41, 5.74) is 0.214. The lowest BCUT2D eigenvalue weighted by molar-refractivity contribution is 0.0911. The van der Waals surface area contributed by atoms with Crippen molar-refractivity contribution in [3.8, 4) is 5.69 Å². The predicted molar refractivity (Wildman–Crippen MR) is 82.0 cm³/mol. The van der Waals surface area contributed by atoms with Gasteiger partial charge in [0.1, 0.15) is 5.69 Å². The minimum Gasteiger partial charge on any atom is -0.396 e. The second-order valence-electron chi connectivity index (χ2n) is 5.57. The monoisotopic (exact) mass is 338 g/mol. The molecule has 0 radical (unpaired) electrons. The highest BCUT2D eigenvalue weighted by molar-refractivity contribution is 6.30. The zero-order chi connectivity index (χ0) is 16.4. The molecule has 1 aromatic heterocycles. The summed E-state index contributed by atoms with van der Waals surface area (Å²) in [6.07, 6.45) is 4.04. The molecule has 122 valence electrons. The van der Waals surface area contributed by atoms with Crippen molar-refractivity contribution >= 4 is 17.5 Å². The Balaban J connectivity index is 1.76. The highest BCUT2D eigenvalue weighted by Gasteiger charge is 2.28. The number of amides is 1. The summed E-state index contributed by atoms with van der Waals surface area (Å²) < 4.78 is 15.1. The van der Waals surface area contributed by atoms with Crippen molar-refractivity contribution in [1.29, 1.82) is 0 Å². The van der Waals surface area contributed by atoms with E-state index in [1.54, 1.807) is 6.07 Å². The lowest BCUT2D eigenvalue weighted by Crippen LogP contribution is -2.38. The molecule has 3 rings (SSSR count). The van der Waals surface area contributed by atoms with Gasteiger partial charge in [-0.25, -0.2) is 9.07 Å². The molecule has 8 heteroatoms. The predicted octanol–water partition coefficient (Wildman–Crippen LogP) is 1.95. The summed E-state index contributed by atoms with van der Waals surface area (Å²) in [5, 5.41) is 19.7. The highest BCUT2D eigenvalue weighted by Crippen LogP contribution is 2.25. The van der Waals surface area contributed by atoms with Crippen LogP contribution in [0.15, 0.2) is 24.4 Å². The number of benzene rings is 1. The molecular formula is C15H16ClFN4O2. The molecule has 23 heavy (non-hydrogen) atoms. The maximum absolute atomic E-state index is 14.0. The van der Waals surface area contributed by atoms with E-state index < -0.39 is 5.82 Å². The SMILES string of the molecule is O=C(N[C@@H]1CCC[C@H]1CO)c1cn(-c2cccc(Cl)c2F)nn1. The molecule has 1 saturated carbocycles. The Morgan fingerprint density at radius 3 is 3.09 bits per heavy atom. The summed E-state index contributed by atoms with van der Waals surface area (Å²) >= 11 is 5.74. The number of hydrogen-bond acceptors (Lipinski definition) is 4. The maximum atomic E-state index is 14.0. The fourth-order valence-corrected chi connectivity index (χ4v) is 3.01. The molecular weight excluding hydrogens is 323 g/mol. The zero-order valence-corrected chi connectivity index (χ0v) is 13.0. The number of carbonyl (C=O) groups excluding carboxylic acids is 1. The fraction of sp³-hybridized carbons (Fsp3) is 0.400. The van der Waals surface area contributed by atoms with Crippen LogP contribution in [-0.2, 0) is 0 Å². The van der Waals surface area contributed by atoms with Crippen LogP contribution >= 0.6 is 11.6 Å². The first-order valence-corrected chi connectivity index (χ1v) is 7.76. The second-order valence-corrected chi connectivity index (χ2v) is 5.98. The van der Waals surface area contributed by atoms with Crippen molar-refractivity contribution in [3.05, 3.63) is 40.9 Å². The van der Waals surface area contributed by atoms with Crippen molar-refractivity contribution in [1.82, 2.24) is 20.3 Å². The summed E-state index contributed by atoms with van der Waals surface area (Å²) in [5.74, 6) is -0.939. The van der Waals surface area contributed by atoms with Gasteiger partial charge in [0.25, 0.3) is 5.91 Å². The third-order valence-electron chi connectivity index (χ3n) is 4.11. The summed E-state index contributed by atoms with van der Waals surface area (Å²) in [6.45, 7) is 0.0470. The van der Waals surface area contributed by atoms with Crippen molar-refractivity contribution < 1.29 is 14.3 Å². The van der Waals surface area contributed by atoms with E-state index in [2.05, 4.69) is 15.6 Å². The molecule has 6 nitrogen and oxygen atoms in total. The molecule has 0 spiro atoms. The van der Waals surface area contributed by atoms with E-state index in [4.69, 9.17) is 11.6 Å². The van der Waals surface area contributed by atoms with Gasteiger partial charge in [0, 0.05) is 18.6 Å². The van der Waals surface area contributed by atoms with Crippen molar-refractivity contribution in [2.24, 2.45) is 5.92 Å². The lowest BCUT2D eigenvalue weighted by atomic mass is 10.1.